The molecule has 11 atom stereocenters. The van der Waals surface area contributed by atoms with Crippen molar-refractivity contribution >= 4 is 117 Å². The first-order chi connectivity index (χ1) is 61.8. The number of nitrogens with zero attached hydrogens (tertiary/aromatic N) is 5. The van der Waals surface area contributed by atoms with Gasteiger partial charge in [-0.15, -0.1) is 11.8 Å². The third-order valence-corrected chi connectivity index (χ3v) is 23.1. The highest BCUT2D eigenvalue weighted by molar-refractivity contribution is 8.00. The fourth-order valence-electron chi connectivity index (χ4n) is 15.0. The van der Waals surface area contributed by atoms with Gasteiger partial charge in [0.1, 0.15) is 83.8 Å². The van der Waals surface area contributed by atoms with Crippen LogP contribution in [0, 0.1) is 17.7 Å². The summed E-state index contributed by atoms with van der Waals surface area (Å²) in [5.74, 6) is -18.8. The van der Waals surface area contributed by atoms with Crippen molar-refractivity contribution in [2.45, 2.75) is 172 Å². The largest absolute Gasteiger partial charge is 0.508 e. The number of aromatic hydroxyl groups is 2. The molecular weight excluding hydrogens is 1700 g/mol. The number of carboxylic acid groups (broad SMARTS) is 1. The summed E-state index contributed by atoms with van der Waals surface area (Å²) in [6.07, 6.45) is -0.400. The predicted molar refractivity (Wildman–Crippen MR) is 482 cm³/mol. The van der Waals surface area contributed by atoms with E-state index in [0.717, 1.165) is 48.4 Å². The summed E-state index contributed by atoms with van der Waals surface area (Å²) in [5, 5.41) is 55.3. The standard InChI is InChI=1S/C93H117FN16O19S/c1-11-12-30-74-91(127)107(7)51-79(115)99-70(47-81(117)118)87(123)105-82(55(4)5)93(129)109(9)75(44-56-22-15-13-16-23-56)88(124)103-71(42-59-33-37-64(112)38-34-59)89(125)106(6)50-78(114)98-69(46-61-48-96-66-29-20-19-28-65(61)66)86(122)102-68(41-58-31-35-63(111)36-32-58)85(121)101-67(39-54(2)3)84(120)104-73(83(119)97-49-77(95)113)52-130-53-80(116)100-72(43-60-26-21-27-62(94)40-60)90(126)110(10)76(92(128)108(74)8)45-57-24-17-14-18-25-57/h13-29,31-38,40,48,54-55,67-76,82,96,111-112H,11-12,30,39,41-47,49-53H2,1-10H3,(H2,95,113)(H,97,119)(H,98,114)(H,99,115)(H,100,116)(H,101,121)(H,102,122)(H,103,124)(H,104,120)(H,105,123)(H,117,118)/t67-,68-,69-,70-,71-,72-,73-,74-,75-,76-,82-/m0/s1. The van der Waals surface area contributed by atoms with Crippen LogP contribution in [0.4, 0.5) is 4.39 Å². The molecule has 2 heterocycles. The summed E-state index contributed by atoms with van der Waals surface area (Å²) >= 11 is 0.771. The summed E-state index contributed by atoms with van der Waals surface area (Å²) in [7, 11) is 6.39. The maximum Gasteiger partial charge on any atom is 0.305 e. The number of nitrogens with two attached hydrogens (primary N) is 1. The number of H-pyrrole nitrogens is 1. The summed E-state index contributed by atoms with van der Waals surface area (Å²) in [4.78, 5) is 243. The number of aromatic amines is 1. The summed E-state index contributed by atoms with van der Waals surface area (Å²) in [6, 6.07) is 23.0. The van der Waals surface area contributed by atoms with Gasteiger partial charge in [-0.2, -0.15) is 0 Å². The molecule has 37 heteroatoms. The number of aromatic nitrogens is 1. The average Bonchev–Trinajstić information content (AvgIpc) is 1.69. The minimum atomic E-state index is -1.93. The second-order valence-electron chi connectivity index (χ2n) is 33.2. The molecule has 130 heavy (non-hydrogen) atoms. The van der Waals surface area contributed by atoms with E-state index in [9.17, 15) is 58.5 Å². The Morgan fingerprint density at radius 2 is 0.962 bits per heavy atom. The van der Waals surface area contributed by atoms with Crippen LogP contribution in [0.2, 0.25) is 0 Å². The van der Waals surface area contributed by atoms with Crippen molar-refractivity contribution in [2.24, 2.45) is 17.6 Å². The van der Waals surface area contributed by atoms with Gasteiger partial charge in [0, 0.05) is 96.6 Å². The number of primary amides is 1. The molecule has 1 saturated heterocycles. The molecule has 15 amide bonds. The van der Waals surface area contributed by atoms with Gasteiger partial charge in [-0.25, -0.2) is 4.39 Å². The van der Waals surface area contributed by atoms with Crippen LogP contribution in [0.15, 0.2) is 164 Å². The maximum absolute atomic E-state index is 15.5. The Balaban J connectivity index is 1.22. The van der Waals surface area contributed by atoms with Crippen molar-refractivity contribution in [1.82, 2.24) is 77.3 Å². The minimum Gasteiger partial charge on any atom is -0.508 e. The molecule has 0 unspecified atom stereocenters. The third kappa shape index (κ3) is 30.5. The number of halogens is 1. The van der Waals surface area contributed by atoms with Crippen molar-refractivity contribution in [1.29, 1.82) is 0 Å². The van der Waals surface area contributed by atoms with Gasteiger partial charge < -0.3 is 98.4 Å². The van der Waals surface area contributed by atoms with Crippen LogP contribution in [-0.2, 0) is 115 Å². The van der Waals surface area contributed by atoms with Gasteiger partial charge in [-0.1, -0.05) is 163 Å². The number of hydrogen-bond acceptors (Lipinski definition) is 19. The molecule has 8 rings (SSSR count). The Bertz CT molecular complexity index is 5140. The number of para-hydroxylation sites is 1. The first-order valence-corrected chi connectivity index (χ1v) is 43.9. The first kappa shape index (κ1) is 102. The number of amides is 15. The molecule has 1 fully saturated rings. The van der Waals surface area contributed by atoms with Crippen LogP contribution in [0.5, 0.6) is 11.5 Å². The van der Waals surface area contributed by atoms with Crippen LogP contribution in [-0.4, -0.2) is 272 Å². The monoisotopic (exact) mass is 1810 g/mol. The number of carbonyl (C=O) groups is 16. The molecule has 1 aliphatic rings. The number of thioether (sulfide) groups is 1. The Hall–Kier alpha value is -13.7. The van der Waals surface area contributed by atoms with Gasteiger partial charge in [-0.3, -0.25) is 76.7 Å². The number of unbranched alkanes of at least 4 members (excludes halogenated alkanes) is 1. The molecule has 15 N–H and O–H groups in total. The maximum atomic E-state index is 15.5. The SMILES string of the molecule is CCCC[C@H]1C(=O)N(C)CC(=O)N[C@@H](CC(=O)O)C(=O)N[C@@H](C(C)C)C(=O)N(C)[C@@H](Cc2ccccc2)C(=O)N[C@@H](Cc2ccc(O)cc2)C(=O)N(C)CC(=O)N[C@@H](Cc2c[nH]c3ccccc23)C(=O)N[C@@H](Cc2ccc(O)cc2)C(=O)N[C@@H](CC(C)C)C(=O)N[C@H](C(=O)NCC(N)=O)CSCC(=O)N[C@@H](Cc2cccc(F)c2)C(=O)N(C)[C@@H](Cc2ccccc2)C(=O)N1C. The summed E-state index contributed by atoms with van der Waals surface area (Å²) < 4.78 is 15.1. The number of aliphatic carboxylic acids is 1. The Morgan fingerprint density at radius 1 is 0.485 bits per heavy atom. The number of carbonyl (C=O) groups excluding carboxylic acids is 15. The average molecular weight is 1810 g/mol. The number of likely N-dealkylation sites (N-methyl/N-ethyl adjacent to an activating group) is 5. The van der Waals surface area contributed by atoms with E-state index < -0.39 is 210 Å². The Kier molecular flexibility index (Phi) is 38.3. The molecule has 7 aromatic rings. The van der Waals surface area contributed by atoms with Crippen molar-refractivity contribution in [3.05, 3.63) is 203 Å². The molecule has 1 aromatic heterocycles. The van der Waals surface area contributed by atoms with E-state index in [-0.39, 0.29) is 74.3 Å². The van der Waals surface area contributed by atoms with Gasteiger partial charge in [0.2, 0.25) is 88.6 Å². The number of carboxylic acids is 1. The van der Waals surface area contributed by atoms with E-state index in [1.54, 1.807) is 119 Å². The Morgan fingerprint density at radius 3 is 1.53 bits per heavy atom. The molecule has 0 spiro atoms. The van der Waals surface area contributed by atoms with Crippen LogP contribution < -0.4 is 53.6 Å². The molecule has 0 bridgehead atoms. The second kappa shape index (κ2) is 49.0. The fourth-order valence-corrected chi connectivity index (χ4v) is 15.9. The lowest BCUT2D eigenvalue weighted by atomic mass is 9.98. The third-order valence-electron chi connectivity index (χ3n) is 22.1. The van der Waals surface area contributed by atoms with E-state index in [1.807, 2.05) is 6.92 Å². The molecule has 35 nitrogen and oxygen atoms in total. The van der Waals surface area contributed by atoms with Crippen LogP contribution in [0.25, 0.3) is 10.9 Å². The number of rotatable bonds is 23. The first-order valence-electron chi connectivity index (χ1n) is 42.8. The van der Waals surface area contributed by atoms with Gasteiger partial charge in [-0.05, 0) is 101 Å². The van der Waals surface area contributed by atoms with Crippen molar-refractivity contribution in [3.8, 4) is 11.5 Å². The molecule has 1 aliphatic heterocycles. The molecule has 696 valence electrons. The number of nitrogens with one attached hydrogen (secondary N) is 10. The van der Waals surface area contributed by atoms with Crippen LogP contribution >= 0.6 is 11.8 Å². The van der Waals surface area contributed by atoms with E-state index >= 15 is 38.0 Å². The van der Waals surface area contributed by atoms with E-state index in [2.05, 4.69) is 52.8 Å². The lowest BCUT2D eigenvalue weighted by Gasteiger charge is -2.37. The van der Waals surface area contributed by atoms with E-state index in [0.29, 0.717) is 51.6 Å². The number of phenolic OH excluding ortho intramolecular Hbond substituents is 2. The van der Waals surface area contributed by atoms with Crippen molar-refractivity contribution in [2.75, 3.05) is 66.4 Å². The molecule has 0 saturated carbocycles. The van der Waals surface area contributed by atoms with Crippen LogP contribution in [0.3, 0.4) is 0 Å². The van der Waals surface area contributed by atoms with Gasteiger partial charge in [0.05, 0.1) is 31.8 Å². The van der Waals surface area contributed by atoms with Crippen LogP contribution in [0.1, 0.15) is 100 Å². The minimum absolute atomic E-state index is 0.00624. The normalized spacial score (nSPS) is 21.8. The molecule has 6 aromatic carbocycles. The fraction of sp³-hybridized carbons (Fsp3) is 0.419. The topological polar surface area (TPSA) is 500 Å². The number of hydrogen-bond donors (Lipinski definition) is 14. The highest BCUT2D eigenvalue weighted by atomic mass is 32.2. The zero-order valence-electron chi connectivity index (χ0n) is 74.4. The summed E-state index contributed by atoms with van der Waals surface area (Å²) in [6.45, 7) is 6.03. The zero-order valence-corrected chi connectivity index (χ0v) is 75.2. The zero-order chi connectivity index (χ0) is 95.2. The quantitative estimate of drug-likeness (QED) is 0.0437. The predicted octanol–water partition coefficient (Wildman–Crippen LogP) is 2.47. The number of benzene rings is 6. The summed E-state index contributed by atoms with van der Waals surface area (Å²) in [5.41, 5.74) is 8.64. The molecular formula is C93H117FN16O19S. The Labute approximate surface area is 757 Å². The van der Waals surface area contributed by atoms with E-state index in [1.165, 1.54) is 95.9 Å². The number of fused-ring (bicyclic) bond motifs is 1. The molecule has 0 aliphatic carbocycles. The van der Waals surface area contributed by atoms with Gasteiger partial charge >= 0.3 is 5.97 Å². The van der Waals surface area contributed by atoms with Gasteiger partial charge in [0.25, 0.3) is 0 Å². The highest BCUT2D eigenvalue weighted by Crippen LogP contribution is 2.25. The second-order valence-corrected chi connectivity index (χ2v) is 34.2. The smallest absolute Gasteiger partial charge is 0.305 e. The lowest BCUT2D eigenvalue weighted by molar-refractivity contribution is -0.151. The molecule has 0 radical (unpaired) electrons. The van der Waals surface area contributed by atoms with Crippen molar-refractivity contribution in [3.63, 3.8) is 0 Å². The number of phenols is 2. The van der Waals surface area contributed by atoms with Crippen molar-refractivity contribution < 1.29 is 96.4 Å². The van der Waals surface area contributed by atoms with Gasteiger partial charge in [0.15, 0.2) is 0 Å². The van der Waals surface area contributed by atoms with E-state index in [4.69, 9.17) is 5.73 Å². The highest BCUT2D eigenvalue weighted by Gasteiger charge is 2.42. The lowest BCUT2D eigenvalue weighted by Crippen LogP contribution is -2.61.